The van der Waals surface area contributed by atoms with Crippen LogP contribution in [0.25, 0.3) is 6.08 Å². The number of hydrogen-bond acceptors (Lipinski definition) is 9. The number of halogens is 1. The molecule has 0 bridgehead atoms. The minimum Gasteiger partial charge on any atom is -0.503 e. The normalized spacial score (nSPS) is 14.9. The third-order valence-electron chi connectivity index (χ3n) is 7.11. The fourth-order valence-electron chi connectivity index (χ4n) is 4.77. The summed E-state index contributed by atoms with van der Waals surface area (Å²) in [5.74, 6) is -0.271. The topological polar surface area (TPSA) is 102 Å². The molecule has 0 aliphatic carbocycles. The molecule has 8 nitrogen and oxygen atoms in total. The molecule has 0 saturated carbocycles. The molecule has 0 saturated heterocycles. The van der Waals surface area contributed by atoms with E-state index in [0.717, 1.165) is 28.9 Å². The van der Waals surface area contributed by atoms with Crippen molar-refractivity contribution >= 4 is 46.0 Å². The van der Waals surface area contributed by atoms with Crippen molar-refractivity contribution in [3.05, 3.63) is 113 Å². The Hall–Kier alpha value is -4.48. The Morgan fingerprint density at radius 1 is 1.07 bits per heavy atom. The zero-order valence-corrected chi connectivity index (χ0v) is 27.3. The van der Waals surface area contributed by atoms with Crippen LogP contribution in [0.3, 0.4) is 0 Å². The highest BCUT2D eigenvalue weighted by atomic mass is 32.2. The van der Waals surface area contributed by atoms with Crippen LogP contribution in [0.5, 0.6) is 11.5 Å². The number of amides is 1. The molecule has 0 spiro atoms. The number of hydrogen-bond donors (Lipinski definition) is 1. The molecule has 46 heavy (non-hydrogen) atoms. The van der Waals surface area contributed by atoms with Gasteiger partial charge in [-0.2, -0.15) is 0 Å². The minimum atomic E-state index is -1.01. The largest absolute Gasteiger partial charge is 0.503 e. The van der Waals surface area contributed by atoms with Gasteiger partial charge in [0.2, 0.25) is 5.13 Å². The van der Waals surface area contributed by atoms with Gasteiger partial charge in [0.25, 0.3) is 5.91 Å². The Labute approximate surface area is 275 Å². The Morgan fingerprint density at radius 3 is 2.54 bits per heavy atom. The first-order chi connectivity index (χ1) is 22.2. The maximum Gasteiger partial charge on any atom is 0.296 e. The number of anilines is 1. The van der Waals surface area contributed by atoms with Crippen molar-refractivity contribution in [3.63, 3.8) is 0 Å². The van der Waals surface area contributed by atoms with Gasteiger partial charge in [0.1, 0.15) is 5.82 Å². The average molecular weight is 660 g/mol. The van der Waals surface area contributed by atoms with Crippen molar-refractivity contribution < 1.29 is 28.6 Å². The zero-order chi connectivity index (χ0) is 32.6. The highest BCUT2D eigenvalue weighted by Crippen LogP contribution is 2.45. The van der Waals surface area contributed by atoms with E-state index < -0.39 is 23.5 Å². The summed E-state index contributed by atoms with van der Waals surface area (Å²) in [5.41, 5.74) is 2.14. The average Bonchev–Trinajstić information content (AvgIpc) is 3.62. The lowest BCUT2D eigenvalue weighted by molar-refractivity contribution is -0.117. The second-order valence-corrected chi connectivity index (χ2v) is 13.1. The van der Waals surface area contributed by atoms with Gasteiger partial charge in [-0.15, -0.1) is 10.2 Å². The Balaban J connectivity index is 1.49. The van der Waals surface area contributed by atoms with Crippen molar-refractivity contribution in [3.8, 4) is 11.5 Å². The third-order valence-corrected chi connectivity index (χ3v) is 9.24. The second kappa shape index (κ2) is 15.2. The fraction of sp³-hybridized carbons (Fsp3) is 0.257. The van der Waals surface area contributed by atoms with E-state index in [0.29, 0.717) is 46.3 Å². The number of nitrogens with zero attached hydrogens (tertiary/aromatic N) is 3. The molecule has 238 valence electrons. The van der Waals surface area contributed by atoms with Gasteiger partial charge in [0.15, 0.2) is 27.4 Å². The third kappa shape index (κ3) is 7.83. The van der Waals surface area contributed by atoms with E-state index in [2.05, 4.69) is 24.0 Å². The minimum absolute atomic E-state index is 0.0798. The van der Waals surface area contributed by atoms with Crippen molar-refractivity contribution in [2.45, 2.75) is 43.3 Å². The molecular weight excluding hydrogens is 626 g/mol. The molecule has 1 N–H and O–H groups in total. The van der Waals surface area contributed by atoms with E-state index in [4.69, 9.17) is 9.47 Å². The van der Waals surface area contributed by atoms with Crippen LogP contribution in [0.2, 0.25) is 0 Å². The van der Waals surface area contributed by atoms with Crippen molar-refractivity contribution in [2.75, 3.05) is 18.1 Å². The molecule has 4 aromatic rings. The van der Waals surface area contributed by atoms with Crippen molar-refractivity contribution in [2.24, 2.45) is 5.92 Å². The first-order valence-corrected chi connectivity index (χ1v) is 16.7. The summed E-state index contributed by atoms with van der Waals surface area (Å²) in [6.07, 6.45) is 3.85. The highest BCUT2D eigenvalue weighted by molar-refractivity contribution is 8.00. The van der Waals surface area contributed by atoms with Crippen LogP contribution in [-0.4, -0.2) is 40.2 Å². The Kier molecular flexibility index (Phi) is 10.9. The number of allylic oxidation sites excluding steroid dienone is 1. The summed E-state index contributed by atoms with van der Waals surface area (Å²) in [6.45, 7) is 6.96. The molecule has 1 aromatic heterocycles. The summed E-state index contributed by atoms with van der Waals surface area (Å²) >= 11 is 2.55. The van der Waals surface area contributed by atoms with Crippen LogP contribution in [0.4, 0.5) is 9.52 Å². The van der Waals surface area contributed by atoms with Crippen LogP contribution >= 0.6 is 23.1 Å². The van der Waals surface area contributed by atoms with Gasteiger partial charge < -0.3 is 14.6 Å². The molecule has 11 heteroatoms. The van der Waals surface area contributed by atoms with Crippen LogP contribution in [0, 0.1) is 11.7 Å². The fourth-order valence-corrected chi connectivity index (χ4v) is 6.59. The van der Waals surface area contributed by atoms with E-state index in [-0.39, 0.29) is 16.5 Å². The number of aromatic nitrogens is 2. The number of rotatable bonds is 14. The van der Waals surface area contributed by atoms with Gasteiger partial charge in [-0.25, -0.2) is 4.39 Å². The van der Waals surface area contributed by atoms with Crippen LogP contribution in [-0.2, 0) is 15.3 Å². The van der Waals surface area contributed by atoms with E-state index in [1.165, 1.54) is 34.9 Å². The van der Waals surface area contributed by atoms with Gasteiger partial charge in [0, 0.05) is 5.75 Å². The molecule has 1 aliphatic rings. The lowest BCUT2D eigenvalue weighted by atomic mass is 9.95. The number of carbonyl (C=O) groups excluding carboxylic acids is 2. The quantitative estimate of drug-likeness (QED) is 0.0826. The van der Waals surface area contributed by atoms with Gasteiger partial charge in [0.05, 0.1) is 24.8 Å². The molecule has 1 aliphatic heterocycles. The molecule has 0 fully saturated rings. The Morgan fingerprint density at radius 2 is 1.83 bits per heavy atom. The summed E-state index contributed by atoms with van der Waals surface area (Å²) in [5, 5.41) is 19.9. The number of aliphatic hydroxyl groups is 1. The first-order valence-electron chi connectivity index (χ1n) is 14.9. The molecule has 1 amide bonds. The molecule has 0 radical (unpaired) electrons. The van der Waals surface area contributed by atoms with Crippen molar-refractivity contribution in [1.82, 2.24) is 10.2 Å². The first kappa shape index (κ1) is 32.9. The van der Waals surface area contributed by atoms with E-state index in [9.17, 15) is 19.1 Å². The summed E-state index contributed by atoms with van der Waals surface area (Å²) < 4.78 is 25.8. The summed E-state index contributed by atoms with van der Waals surface area (Å²) in [4.78, 5) is 28.7. The number of ether oxygens (including phenoxy) is 2. The van der Waals surface area contributed by atoms with Crippen LogP contribution in [0.15, 0.2) is 94.5 Å². The highest BCUT2D eigenvalue weighted by Gasteiger charge is 2.45. The number of carbonyl (C=O) groups is 2. The van der Waals surface area contributed by atoms with Crippen LogP contribution < -0.4 is 14.4 Å². The smallest absolute Gasteiger partial charge is 0.296 e. The standard InChI is InChI=1S/C35H34FN3O5S2/c1-4-43-29-20-25(13-17-28(29)44-19-18-22(2)3)31-30(27(40)16-12-23-8-6-5-7-9-23)32(41)33(42)39(31)34-37-38-35(46-34)45-21-24-10-14-26(36)15-11-24/h5-17,20,22,31,41H,4,18-19,21H2,1-3H3/b16-12+. The Bertz CT molecular complexity index is 1740. The number of aliphatic hydroxyl groups excluding tert-OH is 1. The van der Waals surface area contributed by atoms with Gasteiger partial charge in [-0.1, -0.05) is 91.6 Å². The maximum atomic E-state index is 13.7. The summed E-state index contributed by atoms with van der Waals surface area (Å²) in [6, 6.07) is 19.7. The lowest BCUT2D eigenvalue weighted by Crippen LogP contribution is -2.31. The molecule has 3 aromatic carbocycles. The van der Waals surface area contributed by atoms with Crippen LogP contribution in [0.1, 0.15) is 49.9 Å². The van der Waals surface area contributed by atoms with E-state index >= 15 is 0 Å². The van der Waals surface area contributed by atoms with Gasteiger partial charge >= 0.3 is 0 Å². The number of thioether (sulfide) groups is 1. The monoisotopic (exact) mass is 659 g/mol. The second-order valence-electron chi connectivity index (χ2n) is 10.9. The van der Waals surface area contributed by atoms with E-state index in [1.54, 1.807) is 36.4 Å². The predicted molar refractivity (Wildman–Crippen MR) is 179 cm³/mol. The summed E-state index contributed by atoms with van der Waals surface area (Å²) in [7, 11) is 0. The lowest BCUT2D eigenvalue weighted by Gasteiger charge is -2.24. The molecule has 2 heterocycles. The maximum absolute atomic E-state index is 13.7. The zero-order valence-electron chi connectivity index (χ0n) is 25.7. The predicted octanol–water partition coefficient (Wildman–Crippen LogP) is 7.98. The molecule has 5 rings (SSSR count). The van der Waals surface area contributed by atoms with Gasteiger partial charge in [-0.3, -0.25) is 14.5 Å². The van der Waals surface area contributed by atoms with Gasteiger partial charge in [-0.05, 0) is 66.3 Å². The SMILES string of the molecule is CCOc1cc(C2C(C(=O)/C=C/c3ccccc3)=C(O)C(=O)N2c2nnc(SCc3ccc(F)cc3)s2)ccc1OCCC(C)C. The van der Waals surface area contributed by atoms with Crippen molar-refractivity contribution in [1.29, 1.82) is 0 Å². The molecule has 1 atom stereocenters. The number of ketones is 1. The molecule has 1 unspecified atom stereocenters. The molecular formula is C35H34FN3O5S2. The number of benzene rings is 3. The van der Waals surface area contributed by atoms with E-state index in [1.807, 2.05) is 37.3 Å².